The predicted octanol–water partition coefficient (Wildman–Crippen LogP) is 4.45. The highest BCUT2D eigenvalue weighted by atomic mass is 19.4. The summed E-state index contributed by atoms with van der Waals surface area (Å²) >= 11 is 0. The summed E-state index contributed by atoms with van der Waals surface area (Å²) in [6, 6.07) is 12.4. The summed E-state index contributed by atoms with van der Waals surface area (Å²) in [7, 11) is 2.09. The molecule has 0 bridgehead atoms. The molecule has 2 aromatic carbocycles. The molecule has 0 radical (unpaired) electrons. The summed E-state index contributed by atoms with van der Waals surface area (Å²) in [4.78, 5) is 12.1. The van der Waals surface area contributed by atoms with Crippen molar-refractivity contribution >= 4 is 11.6 Å². The first-order valence-electron chi connectivity index (χ1n) is 9.75. The van der Waals surface area contributed by atoms with Crippen LogP contribution < -0.4 is 11.1 Å². The van der Waals surface area contributed by atoms with Gasteiger partial charge in [-0.2, -0.15) is 13.2 Å². The number of likely N-dealkylation sites (tertiary alicyclic amines) is 1. The number of hydrogen-bond donors (Lipinski definition) is 2. The number of nitrogen functional groups attached to an aromatic ring is 1. The number of halogens is 3. The Morgan fingerprint density at radius 1 is 1.10 bits per heavy atom. The first kappa shape index (κ1) is 21.2. The summed E-state index contributed by atoms with van der Waals surface area (Å²) in [5.41, 5.74) is 7.03. The molecule has 7 heteroatoms. The Hall–Kier alpha value is -2.54. The lowest BCUT2D eigenvalue weighted by Gasteiger charge is -2.43. The van der Waals surface area contributed by atoms with Crippen LogP contribution in [0, 0.1) is 0 Å². The van der Waals surface area contributed by atoms with Crippen LogP contribution in [0.1, 0.15) is 48.5 Å². The van der Waals surface area contributed by atoms with Crippen LogP contribution in [0.3, 0.4) is 0 Å². The monoisotopic (exact) mass is 406 g/mol. The molecule has 1 saturated heterocycles. The number of carbonyl (C=O) groups excluding carboxylic acids is 1. The van der Waals surface area contributed by atoms with E-state index >= 15 is 0 Å². The lowest BCUT2D eigenvalue weighted by molar-refractivity contribution is -0.930. The van der Waals surface area contributed by atoms with Crippen LogP contribution in [0.2, 0.25) is 0 Å². The minimum Gasteiger partial charge on any atom is -0.398 e. The molecule has 1 fully saturated rings. The van der Waals surface area contributed by atoms with E-state index < -0.39 is 17.8 Å². The van der Waals surface area contributed by atoms with E-state index in [0.717, 1.165) is 43.6 Å². The molecule has 1 amide bonds. The van der Waals surface area contributed by atoms with Gasteiger partial charge >= 0.3 is 6.18 Å². The number of quaternary nitrogens is 1. The van der Waals surface area contributed by atoms with Crippen LogP contribution in [-0.4, -0.2) is 30.5 Å². The highest BCUT2D eigenvalue weighted by molar-refractivity contribution is 5.73. The molecule has 0 aromatic heterocycles. The second-order valence-electron chi connectivity index (χ2n) is 8.01. The fourth-order valence-electron chi connectivity index (χ4n) is 4.46. The fraction of sp³-hybridized carbons (Fsp3) is 0.409. The van der Waals surface area contributed by atoms with Crippen molar-refractivity contribution in [1.82, 2.24) is 5.32 Å². The van der Waals surface area contributed by atoms with Crippen LogP contribution in [-0.2, 0) is 11.0 Å². The van der Waals surface area contributed by atoms with Crippen molar-refractivity contribution in [3.05, 3.63) is 65.2 Å². The summed E-state index contributed by atoms with van der Waals surface area (Å²) in [6.45, 7) is 3.19. The maximum atomic E-state index is 13.2. The van der Waals surface area contributed by atoms with E-state index in [1.807, 2.05) is 30.3 Å². The average Bonchev–Trinajstić information content (AvgIpc) is 3.09. The molecule has 1 aliphatic heterocycles. The Balaban J connectivity index is 2.15. The standard InChI is InChI=1S/C22H26F3N3O/c1-15(29)27-20(16-8-4-3-5-9-16)21(28(2)12-6-7-13-28)18-11-10-17(14-19(18)26)22(23,24)25/h3-5,8-11,14,20-21H,6-7,12-13,26H2,1-2H3/p+1/t20-,21?/m0/s1. The van der Waals surface area contributed by atoms with Crippen LogP contribution in [0.15, 0.2) is 48.5 Å². The van der Waals surface area contributed by atoms with E-state index in [9.17, 15) is 18.0 Å². The number of hydrogen-bond acceptors (Lipinski definition) is 2. The molecule has 2 atom stereocenters. The molecule has 1 unspecified atom stereocenters. The van der Waals surface area contributed by atoms with E-state index in [-0.39, 0.29) is 17.6 Å². The van der Waals surface area contributed by atoms with E-state index in [1.165, 1.54) is 13.0 Å². The zero-order chi connectivity index (χ0) is 21.2. The number of rotatable bonds is 5. The molecule has 0 aliphatic carbocycles. The second kappa shape index (κ2) is 8.06. The van der Waals surface area contributed by atoms with Crippen molar-refractivity contribution in [3.63, 3.8) is 0 Å². The number of carbonyl (C=O) groups is 1. The molecule has 0 spiro atoms. The molecule has 0 saturated carbocycles. The second-order valence-corrected chi connectivity index (χ2v) is 8.01. The highest BCUT2D eigenvalue weighted by Gasteiger charge is 2.44. The Kier molecular flexibility index (Phi) is 5.89. The van der Waals surface area contributed by atoms with Gasteiger partial charge in [-0.1, -0.05) is 36.4 Å². The third-order valence-corrected chi connectivity index (χ3v) is 5.83. The van der Waals surface area contributed by atoms with Gasteiger partial charge < -0.3 is 15.5 Å². The van der Waals surface area contributed by atoms with Gasteiger partial charge in [0.2, 0.25) is 5.91 Å². The maximum Gasteiger partial charge on any atom is 0.416 e. The lowest BCUT2D eigenvalue weighted by atomic mass is 9.89. The van der Waals surface area contributed by atoms with Gasteiger partial charge in [0.15, 0.2) is 0 Å². The first-order chi connectivity index (χ1) is 13.6. The van der Waals surface area contributed by atoms with Gasteiger partial charge in [0.1, 0.15) is 12.1 Å². The minimum atomic E-state index is -4.45. The number of nitrogens with two attached hydrogens (primary N) is 1. The van der Waals surface area contributed by atoms with Crippen LogP contribution in [0.4, 0.5) is 18.9 Å². The van der Waals surface area contributed by atoms with Crippen molar-refractivity contribution in [1.29, 1.82) is 0 Å². The molecular formula is C22H27F3N3O+. The normalized spacial score (nSPS) is 18.2. The SMILES string of the molecule is CC(=O)N[C@@H](c1ccccc1)C(c1ccc(C(F)(F)F)cc1N)[N+]1(C)CCCC1. The van der Waals surface area contributed by atoms with Gasteiger partial charge in [-0.3, -0.25) is 4.79 Å². The summed E-state index contributed by atoms with van der Waals surface area (Å²) in [5, 5.41) is 3.04. The number of alkyl halides is 3. The summed E-state index contributed by atoms with van der Waals surface area (Å²) in [6.07, 6.45) is -2.41. The highest BCUT2D eigenvalue weighted by Crippen LogP contribution is 2.44. The first-order valence-corrected chi connectivity index (χ1v) is 9.75. The van der Waals surface area contributed by atoms with Gasteiger partial charge in [0.05, 0.1) is 25.7 Å². The average molecular weight is 406 g/mol. The number of benzene rings is 2. The molecule has 3 rings (SSSR count). The largest absolute Gasteiger partial charge is 0.416 e. The summed E-state index contributed by atoms with van der Waals surface area (Å²) < 4.78 is 40.1. The van der Waals surface area contributed by atoms with Crippen molar-refractivity contribution in [2.75, 3.05) is 25.9 Å². The third-order valence-electron chi connectivity index (χ3n) is 5.83. The van der Waals surface area contributed by atoms with Crippen LogP contribution >= 0.6 is 0 Å². The van der Waals surface area contributed by atoms with E-state index in [0.29, 0.717) is 10.0 Å². The van der Waals surface area contributed by atoms with E-state index in [4.69, 9.17) is 5.73 Å². The van der Waals surface area contributed by atoms with E-state index in [2.05, 4.69) is 12.4 Å². The van der Waals surface area contributed by atoms with Crippen LogP contribution in [0.25, 0.3) is 0 Å². The van der Waals surface area contributed by atoms with Gasteiger partial charge in [-0.25, -0.2) is 0 Å². The van der Waals surface area contributed by atoms with Crippen molar-refractivity contribution in [2.24, 2.45) is 0 Å². The van der Waals surface area contributed by atoms with Gasteiger partial charge in [-0.05, 0) is 17.7 Å². The number of nitrogens with one attached hydrogen (secondary N) is 1. The number of anilines is 1. The Bertz CT molecular complexity index is 861. The molecular weight excluding hydrogens is 379 g/mol. The van der Waals surface area contributed by atoms with Gasteiger partial charge in [0.25, 0.3) is 0 Å². The molecule has 156 valence electrons. The number of likely N-dealkylation sites (N-methyl/N-ethyl adjacent to an activating group) is 1. The quantitative estimate of drug-likeness (QED) is 0.570. The summed E-state index contributed by atoms with van der Waals surface area (Å²) in [5.74, 6) is -0.194. The molecule has 2 aromatic rings. The molecule has 3 N–H and O–H groups in total. The van der Waals surface area contributed by atoms with Gasteiger partial charge in [0, 0.05) is 31.0 Å². The fourth-order valence-corrected chi connectivity index (χ4v) is 4.46. The predicted molar refractivity (Wildman–Crippen MR) is 107 cm³/mol. The third kappa shape index (κ3) is 4.56. The Labute approximate surface area is 169 Å². The molecule has 29 heavy (non-hydrogen) atoms. The molecule has 4 nitrogen and oxygen atoms in total. The molecule has 1 heterocycles. The Morgan fingerprint density at radius 3 is 2.24 bits per heavy atom. The number of nitrogens with zero attached hydrogens (tertiary/aromatic N) is 1. The van der Waals surface area contributed by atoms with Gasteiger partial charge in [-0.15, -0.1) is 0 Å². The number of amides is 1. The minimum absolute atomic E-state index is 0.0994. The van der Waals surface area contributed by atoms with Crippen molar-refractivity contribution in [2.45, 2.75) is 38.0 Å². The van der Waals surface area contributed by atoms with Crippen molar-refractivity contribution < 1.29 is 22.4 Å². The molecule has 1 aliphatic rings. The topological polar surface area (TPSA) is 55.1 Å². The van der Waals surface area contributed by atoms with Crippen molar-refractivity contribution in [3.8, 4) is 0 Å². The van der Waals surface area contributed by atoms with Crippen LogP contribution in [0.5, 0.6) is 0 Å². The zero-order valence-corrected chi connectivity index (χ0v) is 16.7. The zero-order valence-electron chi connectivity index (χ0n) is 16.7. The Morgan fingerprint density at radius 2 is 1.72 bits per heavy atom. The smallest absolute Gasteiger partial charge is 0.398 e. The maximum absolute atomic E-state index is 13.2. The van der Waals surface area contributed by atoms with E-state index in [1.54, 1.807) is 0 Å². The lowest BCUT2D eigenvalue weighted by Crippen LogP contribution is -2.50.